The van der Waals surface area contributed by atoms with Crippen LogP contribution in [0.5, 0.6) is 0 Å². The number of non-ortho nitro benzene ring substituents is 3. The topological polar surface area (TPSA) is 512 Å². The lowest BCUT2D eigenvalue weighted by atomic mass is 9.89. The third-order valence-corrected chi connectivity index (χ3v) is 25.1. The van der Waals surface area contributed by atoms with Gasteiger partial charge in [0.15, 0.2) is 54.5 Å². The van der Waals surface area contributed by atoms with Crippen molar-refractivity contribution in [2.45, 2.75) is 134 Å². The van der Waals surface area contributed by atoms with Crippen molar-refractivity contribution >= 4 is 159 Å². The third-order valence-electron chi connectivity index (χ3n) is 19.7. The largest absolute Gasteiger partial charge is 0.444 e. The number of nitro benzene ring substituents is 3. The number of ketones is 1. The van der Waals surface area contributed by atoms with E-state index in [1.165, 1.54) is 89.6 Å². The second-order valence-corrected chi connectivity index (χ2v) is 38.3. The Kier molecular flexibility index (Phi) is 32.7. The van der Waals surface area contributed by atoms with Crippen LogP contribution < -0.4 is 38.5 Å². The van der Waals surface area contributed by atoms with Gasteiger partial charge in [0, 0.05) is 146 Å². The molecule has 9 heterocycles. The molecule has 0 saturated carbocycles. The number of nitrogen functional groups attached to an aromatic ring is 1. The van der Waals surface area contributed by atoms with Gasteiger partial charge in [-0.25, -0.2) is 61.3 Å². The standard InChI is InChI=1S/C23H24BrFN4O4S.C17H20FN3O5S.C17H22FN3O3S.C12H14FN3O4S.C12H12FN3O3S/c1-22(2,3)33-21(31)28-20-29-23(13(12-34-20)8-9-32-23)16-10-15(5-6-17(16)25)27-19(30)18-7-4-14(24)11-26-18;1-16(2,3)26-15(22)19-14-20-17(10(9-27-14)6-7-25-17)12-8-11(21(23)24)4-5-13(12)18;1-16(2,3)24-15(22)20-14-21-17(10(9-25-14)6-7-23-17)12-8-11(19)4-5-13(12)18;13-10-2-1-8(16(19)20)5-9(10)11(18)7(3-4-17)6-21-12(14)15;13-10-2-1-8(16(17)18)5-9(10)12-7(3-4-19-12)6-20-11(14)15-12/h4-7,10-11,13H,8-9,12H2,1-3H3,(H,27,30)(H,28,29,31);4-5,8,10H,6-7,9H2,1-3H3,(H,19,20,22);4-5,8,10H,6-7,9,19H2,1-3H3,(H,20,21,22);1-2,5,7,17H,3-4,6H2,(H3,14,15);1-2,5,7H,3-4,6H2,(H2,14,15)/t13-,23+;2*10-,17+;;7-,12+/m000.0/s1. The molecule has 35 nitrogen and oxygen atoms in total. The molecule has 9 atom stereocenters. The molecule has 14 rings (SSSR count). The maximum Gasteiger partial charge on any atom is 0.413 e. The van der Waals surface area contributed by atoms with Gasteiger partial charge in [-0.3, -0.25) is 61.3 Å². The van der Waals surface area contributed by atoms with Crippen LogP contribution in [-0.4, -0.2) is 159 Å². The number of pyridine rings is 1. The van der Waals surface area contributed by atoms with Crippen molar-refractivity contribution < 1.29 is 99.0 Å². The summed E-state index contributed by atoms with van der Waals surface area (Å²) < 4.78 is 112. The summed E-state index contributed by atoms with van der Waals surface area (Å²) in [5, 5.41) is 60.3. The number of thioether (sulfide) groups is 5. The van der Waals surface area contributed by atoms with Gasteiger partial charge in [-0.1, -0.05) is 58.8 Å². The van der Waals surface area contributed by atoms with Crippen LogP contribution in [0.4, 0.5) is 64.8 Å². The number of hydrogen-bond acceptors (Lipinski definition) is 32. The fourth-order valence-corrected chi connectivity index (χ4v) is 19.3. The number of amidine groups is 5. The Morgan fingerprint density at radius 1 is 0.543 bits per heavy atom. The number of aromatic nitrogens is 1. The van der Waals surface area contributed by atoms with Crippen LogP contribution in [0.2, 0.25) is 0 Å². The highest BCUT2D eigenvalue weighted by atomic mass is 79.9. The van der Waals surface area contributed by atoms with Crippen LogP contribution >= 0.6 is 74.7 Å². The zero-order valence-corrected chi connectivity index (χ0v) is 75.5. The number of nitrogens with zero attached hydrogens (tertiary/aromatic N) is 8. The van der Waals surface area contributed by atoms with Crippen LogP contribution in [0.1, 0.15) is 138 Å². The van der Waals surface area contributed by atoms with E-state index in [4.69, 9.17) is 60.9 Å². The number of benzene rings is 5. The first-order valence-corrected chi connectivity index (χ1v) is 44.9. The molecule has 4 saturated heterocycles. The normalized spacial score (nSPS) is 22.7. The van der Waals surface area contributed by atoms with Crippen molar-refractivity contribution in [1.29, 1.82) is 5.41 Å². The van der Waals surface area contributed by atoms with Crippen molar-refractivity contribution in [3.63, 3.8) is 0 Å². The number of nitrogens with two attached hydrogens (primary N) is 3. The summed E-state index contributed by atoms with van der Waals surface area (Å²) in [5.74, 6) is -2.63. The number of Topliss-reactive ketones (excluding diaryl/α,β-unsaturated/α-hetero) is 1. The number of alkyl carbamates (subject to hydrolysis) is 3. The summed E-state index contributed by atoms with van der Waals surface area (Å²) in [7, 11) is 0. The number of rotatable bonds is 15. The summed E-state index contributed by atoms with van der Waals surface area (Å²) >= 11 is 9.64. The van der Waals surface area contributed by atoms with E-state index in [-0.39, 0.29) is 92.2 Å². The summed E-state index contributed by atoms with van der Waals surface area (Å²) in [6, 6.07) is 21.3. The fourth-order valence-electron chi connectivity index (χ4n) is 14.1. The zero-order valence-electron chi connectivity index (χ0n) is 69.8. The molecule has 5 aromatic carbocycles. The first-order valence-electron chi connectivity index (χ1n) is 39.2. The average molecular weight is 1930 g/mol. The van der Waals surface area contributed by atoms with Gasteiger partial charge in [-0.2, -0.15) is 0 Å². The Balaban J connectivity index is 0.000000168. The molecule has 0 aliphatic carbocycles. The average Bonchev–Trinajstić information content (AvgIpc) is 1.66. The number of anilines is 2. The minimum atomic E-state index is -1.40. The smallest absolute Gasteiger partial charge is 0.413 e. The lowest BCUT2D eigenvalue weighted by Gasteiger charge is -2.35. The predicted molar refractivity (Wildman–Crippen MR) is 475 cm³/mol. The van der Waals surface area contributed by atoms with Crippen LogP contribution in [0.3, 0.4) is 0 Å². The van der Waals surface area contributed by atoms with Crippen molar-refractivity contribution in [2.75, 3.05) is 72.8 Å². The Labute approximate surface area is 754 Å². The molecule has 8 aliphatic rings. The Morgan fingerprint density at radius 2 is 0.913 bits per heavy atom. The molecule has 0 radical (unpaired) electrons. The van der Waals surface area contributed by atoms with Gasteiger partial charge in [-0.15, -0.1) is 0 Å². The molecule has 12 N–H and O–H groups in total. The number of amides is 4. The lowest BCUT2D eigenvalue weighted by Crippen LogP contribution is -2.42. The molecule has 1 unspecified atom stereocenters. The van der Waals surface area contributed by atoms with Gasteiger partial charge in [0.05, 0.1) is 46.8 Å². The molecule has 1 aromatic heterocycles. The first kappa shape index (κ1) is 99.0. The number of nitro groups is 3. The van der Waals surface area contributed by atoms with E-state index in [1.54, 1.807) is 80.5 Å². The summed E-state index contributed by atoms with van der Waals surface area (Å²) in [6.45, 7) is 17.2. The van der Waals surface area contributed by atoms with E-state index >= 15 is 4.39 Å². The van der Waals surface area contributed by atoms with Crippen LogP contribution in [0.25, 0.3) is 0 Å². The number of carbonyl (C=O) groups excluding carboxylic acids is 5. The lowest BCUT2D eigenvalue weighted by molar-refractivity contribution is -0.385. The minimum absolute atomic E-state index is 0.00277. The molecular weight excluding hydrogens is 1840 g/mol. The number of nitrogens with one attached hydrogen (secondary N) is 5. The SMILES string of the molecule is CC(C)(C)OC(=O)NC1=N[C@@]2(c3cc(N)ccc3F)OCC[C@H]2CS1.CC(C)(C)OC(=O)NC1=N[C@@]2(c3cc(NC(=O)c4ccc(Br)cn4)ccc3F)OCC[C@H]2CS1.CC(C)(C)OC(=O)NC1=N[C@@]2(c3cc([N+](=O)[O-])ccc3F)OCC[C@H]2CS1.N=C(N)SCC(CCO)C(=O)c1cc([N+](=O)[O-])ccc1F.NC1=N[C@@]2(c3cc([N+](=O)[O-])ccc3F)OCC[C@H]2CS1. The number of ether oxygens (including phenoxy) is 7. The first-order chi connectivity index (χ1) is 59.7. The van der Waals surface area contributed by atoms with Gasteiger partial charge in [0.2, 0.25) is 0 Å². The number of aliphatic hydroxyl groups is 1. The monoisotopic (exact) mass is 1930 g/mol. The van der Waals surface area contributed by atoms with E-state index in [2.05, 4.69) is 62.2 Å². The van der Waals surface area contributed by atoms with E-state index in [1.807, 2.05) is 0 Å². The molecule has 4 fully saturated rings. The molecule has 4 amide bonds. The second-order valence-electron chi connectivity index (χ2n) is 32.2. The molecule has 8 aliphatic heterocycles. The van der Waals surface area contributed by atoms with Crippen LogP contribution in [0, 0.1) is 94.4 Å². The summed E-state index contributed by atoms with van der Waals surface area (Å²) in [6.07, 6.45) is 2.48. The van der Waals surface area contributed by atoms with E-state index in [9.17, 15) is 71.9 Å². The van der Waals surface area contributed by atoms with E-state index in [0.717, 1.165) is 77.6 Å². The maximum absolute atomic E-state index is 15.1. The highest BCUT2D eigenvalue weighted by Crippen LogP contribution is 2.53. The van der Waals surface area contributed by atoms with Crippen molar-refractivity contribution in [3.8, 4) is 0 Å². The number of aliphatic hydroxyl groups excluding tert-OH is 1. The molecule has 127 heavy (non-hydrogen) atoms. The zero-order chi connectivity index (χ0) is 92.9. The van der Waals surface area contributed by atoms with Gasteiger partial charge >= 0.3 is 18.3 Å². The summed E-state index contributed by atoms with van der Waals surface area (Å²) in [4.78, 5) is 114. The van der Waals surface area contributed by atoms with Gasteiger partial charge < -0.3 is 60.8 Å². The molecule has 682 valence electrons. The van der Waals surface area contributed by atoms with Crippen molar-refractivity contribution in [3.05, 3.63) is 207 Å². The third kappa shape index (κ3) is 25.2. The van der Waals surface area contributed by atoms with Crippen molar-refractivity contribution in [2.24, 2.45) is 61.0 Å². The highest BCUT2D eigenvalue weighted by Gasteiger charge is 2.55. The van der Waals surface area contributed by atoms with Crippen molar-refractivity contribution in [1.82, 2.24) is 20.9 Å². The fraction of sp³-hybridized carbons (Fsp3) is 0.444. The molecule has 46 heteroatoms. The molecule has 0 bridgehead atoms. The molecular formula is C81H92BrF5N16O19S5. The van der Waals surface area contributed by atoms with Crippen LogP contribution in [0.15, 0.2) is 134 Å². The van der Waals surface area contributed by atoms with Crippen LogP contribution in [-0.2, 0) is 56.1 Å². The number of halogens is 6. The van der Waals surface area contributed by atoms with E-state index in [0.29, 0.717) is 94.7 Å². The Morgan fingerprint density at radius 3 is 1.30 bits per heavy atom. The number of hydrogen-bond donors (Lipinski definition) is 9. The highest BCUT2D eigenvalue weighted by molar-refractivity contribution is 9.10. The van der Waals surface area contributed by atoms with Gasteiger partial charge in [0.25, 0.3) is 23.0 Å². The number of carbonyl (C=O) groups is 5. The minimum Gasteiger partial charge on any atom is -0.444 e. The second kappa shape index (κ2) is 41.9. The number of aliphatic imine (C=N–C) groups is 4. The Bertz CT molecular complexity index is 5310. The van der Waals surface area contributed by atoms with Gasteiger partial charge in [0.1, 0.15) is 51.6 Å². The Hall–Kier alpha value is -10.2. The van der Waals surface area contributed by atoms with E-state index < -0.39 is 125 Å². The quantitative estimate of drug-likeness (QED) is 0.00674. The van der Waals surface area contributed by atoms with Gasteiger partial charge in [-0.05, 0) is 177 Å². The number of fused-ring (bicyclic) bond motifs is 4. The predicted octanol–water partition coefficient (Wildman–Crippen LogP) is 15.4. The maximum atomic E-state index is 15.1. The molecule has 0 spiro atoms. The molecule has 6 aromatic rings. The summed E-state index contributed by atoms with van der Waals surface area (Å²) in [5.41, 5.74) is 10.1.